The molecule has 0 saturated heterocycles. The number of nitrogens with two attached hydrogens (primary N) is 1. The van der Waals surface area contributed by atoms with E-state index in [1.807, 2.05) is 18.5 Å². The smallest absolute Gasteiger partial charge is 0.148 e. The van der Waals surface area contributed by atoms with Gasteiger partial charge in [-0.3, -0.25) is 0 Å². The van der Waals surface area contributed by atoms with Crippen LogP contribution in [0.15, 0.2) is 0 Å². The summed E-state index contributed by atoms with van der Waals surface area (Å²) in [5.74, 6) is 0.906. The van der Waals surface area contributed by atoms with Gasteiger partial charge >= 0.3 is 0 Å². The molecule has 5 heteroatoms. The molecular weight excluding hydrogens is 204 g/mol. The second-order valence-corrected chi connectivity index (χ2v) is 4.00. The maximum absolute atomic E-state index is 5.97. The molecule has 1 aromatic heterocycles. The number of methoxy groups -OCH3 is 1. The molecule has 5 nitrogen and oxygen atoms in total. The Balaban J connectivity index is 2.76. The molecule has 92 valence electrons. The summed E-state index contributed by atoms with van der Waals surface area (Å²) < 4.78 is 7.11. The average Bonchev–Trinajstić information content (AvgIpc) is 2.53. The molecular formula is C11H22N4O. The van der Waals surface area contributed by atoms with Crippen molar-refractivity contribution in [3.63, 3.8) is 0 Å². The molecule has 1 atom stereocenters. The summed E-state index contributed by atoms with van der Waals surface area (Å²) in [6.07, 6.45) is 1.19. The minimum atomic E-state index is 0.157. The van der Waals surface area contributed by atoms with E-state index >= 15 is 0 Å². The molecule has 3 N–H and O–H groups in total. The van der Waals surface area contributed by atoms with Crippen LogP contribution >= 0.6 is 0 Å². The molecule has 0 aliphatic heterocycles. The summed E-state index contributed by atoms with van der Waals surface area (Å²) in [4.78, 5) is 0. The Bertz CT molecular complexity index is 335. The molecule has 0 fully saturated rings. The standard InChI is InChI=1S/C11H22N4O/c1-5-6-15-11(10(12)9(3)14-15)13-7-8(2)16-4/h8,13H,5-7,12H2,1-4H3. The van der Waals surface area contributed by atoms with Crippen molar-refractivity contribution in [1.29, 1.82) is 0 Å². The lowest BCUT2D eigenvalue weighted by Gasteiger charge is -2.13. The van der Waals surface area contributed by atoms with Gasteiger partial charge in [-0.15, -0.1) is 0 Å². The Morgan fingerprint density at radius 3 is 2.81 bits per heavy atom. The fourth-order valence-corrected chi connectivity index (χ4v) is 1.48. The van der Waals surface area contributed by atoms with Crippen LogP contribution in [0.3, 0.4) is 0 Å². The molecule has 0 radical (unpaired) electrons. The molecule has 0 saturated carbocycles. The summed E-state index contributed by atoms with van der Waals surface area (Å²) in [5.41, 5.74) is 7.58. The first-order valence-corrected chi connectivity index (χ1v) is 5.69. The summed E-state index contributed by atoms with van der Waals surface area (Å²) in [5, 5.41) is 7.68. The van der Waals surface area contributed by atoms with Crippen molar-refractivity contribution in [1.82, 2.24) is 9.78 Å². The maximum atomic E-state index is 5.97. The van der Waals surface area contributed by atoms with Gasteiger partial charge in [-0.1, -0.05) is 6.92 Å². The van der Waals surface area contributed by atoms with Gasteiger partial charge in [-0.05, 0) is 20.3 Å². The SMILES string of the molecule is CCCn1nc(C)c(N)c1NCC(C)OC. The maximum Gasteiger partial charge on any atom is 0.148 e. The van der Waals surface area contributed by atoms with Gasteiger partial charge in [0.15, 0.2) is 0 Å². The zero-order valence-corrected chi connectivity index (χ0v) is 10.6. The van der Waals surface area contributed by atoms with E-state index in [-0.39, 0.29) is 6.10 Å². The monoisotopic (exact) mass is 226 g/mol. The summed E-state index contributed by atoms with van der Waals surface area (Å²) in [7, 11) is 1.70. The molecule has 1 unspecified atom stereocenters. The van der Waals surface area contributed by atoms with E-state index in [1.54, 1.807) is 7.11 Å². The van der Waals surface area contributed by atoms with Gasteiger partial charge in [-0.25, -0.2) is 4.68 Å². The number of ether oxygens (including phenoxy) is 1. The summed E-state index contributed by atoms with van der Waals surface area (Å²) >= 11 is 0. The zero-order valence-electron chi connectivity index (χ0n) is 10.6. The number of hydrogen-bond acceptors (Lipinski definition) is 4. The van der Waals surface area contributed by atoms with Gasteiger partial charge in [0.05, 0.1) is 17.5 Å². The van der Waals surface area contributed by atoms with Crippen LogP contribution in [0.5, 0.6) is 0 Å². The Labute approximate surface area is 97.0 Å². The van der Waals surface area contributed by atoms with E-state index in [2.05, 4.69) is 17.3 Å². The van der Waals surface area contributed by atoms with Crippen molar-refractivity contribution < 1.29 is 4.74 Å². The van der Waals surface area contributed by atoms with Crippen molar-refractivity contribution in [2.24, 2.45) is 0 Å². The molecule has 0 amide bonds. The van der Waals surface area contributed by atoms with Crippen LogP contribution in [0.25, 0.3) is 0 Å². The predicted molar refractivity (Wildman–Crippen MR) is 66.6 cm³/mol. The van der Waals surface area contributed by atoms with Gasteiger partial charge in [0.2, 0.25) is 0 Å². The Kier molecular flexibility index (Phi) is 4.61. The largest absolute Gasteiger partial charge is 0.394 e. The Hall–Kier alpha value is -1.23. The van der Waals surface area contributed by atoms with Crippen LogP contribution in [-0.4, -0.2) is 29.5 Å². The topological polar surface area (TPSA) is 65.1 Å². The first-order valence-electron chi connectivity index (χ1n) is 5.69. The van der Waals surface area contributed by atoms with Crippen molar-refractivity contribution in [3.05, 3.63) is 5.69 Å². The summed E-state index contributed by atoms with van der Waals surface area (Å²) in [6, 6.07) is 0. The molecule has 1 rings (SSSR count). The molecule has 1 heterocycles. The van der Waals surface area contributed by atoms with Gasteiger partial charge in [0.1, 0.15) is 5.82 Å². The van der Waals surface area contributed by atoms with E-state index in [4.69, 9.17) is 10.5 Å². The van der Waals surface area contributed by atoms with Crippen molar-refractivity contribution in [3.8, 4) is 0 Å². The van der Waals surface area contributed by atoms with E-state index in [0.29, 0.717) is 0 Å². The summed E-state index contributed by atoms with van der Waals surface area (Å²) in [6.45, 7) is 7.66. The molecule has 0 aliphatic rings. The third-order valence-electron chi connectivity index (χ3n) is 2.57. The van der Waals surface area contributed by atoms with Crippen LogP contribution in [0.4, 0.5) is 11.5 Å². The van der Waals surface area contributed by atoms with Gasteiger partial charge in [-0.2, -0.15) is 5.10 Å². The Morgan fingerprint density at radius 2 is 2.25 bits per heavy atom. The van der Waals surface area contributed by atoms with E-state index < -0.39 is 0 Å². The number of aromatic nitrogens is 2. The minimum Gasteiger partial charge on any atom is -0.394 e. The van der Waals surface area contributed by atoms with Gasteiger partial charge in [0, 0.05) is 20.2 Å². The van der Waals surface area contributed by atoms with Gasteiger partial charge < -0.3 is 15.8 Å². The number of nitrogens with zero attached hydrogens (tertiary/aromatic N) is 2. The van der Waals surface area contributed by atoms with Crippen LogP contribution in [-0.2, 0) is 11.3 Å². The molecule has 0 aliphatic carbocycles. The molecule has 1 aromatic rings. The fraction of sp³-hybridized carbons (Fsp3) is 0.727. The number of anilines is 2. The fourth-order valence-electron chi connectivity index (χ4n) is 1.48. The predicted octanol–water partition coefficient (Wildman–Crippen LogP) is 1.63. The van der Waals surface area contributed by atoms with Crippen LogP contribution < -0.4 is 11.1 Å². The third-order valence-corrected chi connectivity index (χ3v) is 2.57. The number of aryl methyl sites for hydroxylation is 2. The highest BCUT2D eigenvalue weighted by molar-refractivity contribution is 5.64. The van der Waals surface area contributed by atoms with E-state index in [9.17, 15) is 0 Å². The third kappa shape index (κ3) is 2.88. The highest BCUT2D eigenvalue weighted by atomic mass is 16.5. The number of nitrogen functional groups attached to an aromatic ring is 1. The lowest BCUT2D eigenvalue weighted by atomic mass is 10.3. The first-order chi connectivity index (χ1) is 7.60. The second-order valence-electron chi connectivity index (χ2n) is 4.00. The zero-order chi connectivity index (χ0) is 12.1. The first kappa shape index (κ1) is 12.8. The Morgan fingerprint density at radius 1 is 1.56 bits per heavy atom. The number of hydrogen-bond donors (Lipinski definition) is 2. The van der Waals surface area contributed by atoms with Gasteiger partial charge in [0.25, 0.3) is 0 Å². The second kappa shape index (κ2) is 5.75. The quantitative estimate of drug-likeness (QED) is 0.773. The van der Waals surface area contributed by atoms with Crippen molar-refractivity contribution in [2.75, 3.05) is 24.7 Å². The highest BCUT2D eigenvalue weighted by Crippen LogP contribution is 2.22. The number of nitrogens with one attached hydrogen (secondary N) is 1. The molecule has 0 aromatic carbocycles. The number of rotatable bonds is 6. The minimum absolute atomic E-state index is 0.157. The normalized spacial score (nSPS) is 12.8. The molecule has 0 spiro atoms. The average molecular weight is 226 g/mol. The van der Waals surface area contributed by atoms with Crippen LogP contribution in [0.1, 0.15) is 26.0 Å². The van der Waals surface area contributed by atoms with Crippen molar-refractivity contribution in [2.45, 2.75) is 39.8 Å². The lowest BCUT2D eigenvalue weighted by Crippen LogP contribution is -2.20. The van der Waals surface area contributed by atoms with Crippen molar-refractivity contribution >= 4 is 11.5 Å². The molecule has 16 heavy (non-hydrogen) atoms. The highest BCUT2D eigenvalue weighted by Gasteiger charge is 2.12. The van der Waals surface area contributed by atoms with E-state index in [1.165, 1.54) is 0 Å². The lowest BCUT2D eigenvalue weighted by molar-refractivity contribution is 0.128. The molecule has 0 bridgehead atoms. The van der Waals surface area contributed by atoms with Crippen LogP contribution in [0, 0.1) is 6.92 Å². The van der Waals surface area contributed by atoms with E-state index in [0.717, 1.165) is 36.7 Å². The van der Waals surface area contributed by atoms with Crippen LogP contribution in [0.2, 0.25) is 0 Å².